The minimum atomic E-state index is -3.33. The number of carbonyl (C=O) groups is 1. The molecule has 30 heavy (non-hydrogen) atoms. The molecule has 0 radical (unpaired) electrons. The predicted molar refractivity (Wildman–Crippen MR) is 123 cm³/mol. The summed E-state index contributed by atoms with van der Waals surface area (Å²) in [7, 11) is -3.33. The molecule has 4 bridgehead atoms. The minimum absolute atomic E-state index is 0.0308. The average Bonchev–Trinajstić information content (AvgIpc) is 2.57. The molecule has 4 fully saturated rings. The van der Waals surface area contributed by atoms with Crippen molar-refractivity contribution in [3.8, 4) is 0 Å². The maximum atomic E-state index is 12.7. The number of carbonyl (C=O) groups excluding carboxylic acids is 1. The van der Waals surface area contributed by atoms with E-state index in [-0.39, 0.29) is 27.4 Å². The van der Waals surface area contributed by atoms with Gasteiger partial charge in [0, 0.05) is 23.3 Å². The van der Waals surface area contributed by atoms with Crippen molar-refractivity contribution in [3.05, 3.63) is 35.4 Å². The first kappa shape index (κ1) is 22.3. The van der Waals surface area contributed by atoms with Crippen molar-refractivity contribution < 1.29 is 13.2 Å². The summed E-state index contributed by atoms with van der Waals surface area (Å²) >= 11 is 4.02. The molecule has 2 unspecified atom stereocenters. The van der Waals surface area contributed by atoms with Gasteiger partial charge in [-0.3, -0.25) is 4.79 Å². The quantitative estimate of drug-likeness (QED) is 0.528. The highest BCUT2D eigenvalue weighted by atomic mass is 79.9. The molecule has 1 aromatic rings. The van der Waals surface area contributed by atoms with E-state index in [0.717, 1.165) is 29.4 Å². The van der Waals surface area contributed by atoms with E-state index >= 15 is 0 Å². The van der Waals surface area contributed by atoms with Crippen LogP contribution in [0.25, 0.3) is 0 Å². The zero-order valence-electron chi connectivity index (χ0n) is 17.9. The predicted octanol–water partition coefficient (Wildman–Crippen LogP) is 4.25. The van der Waals surface area contributed by atoms with Crippen LogP contribution in [-0.4, -0.2) is 24.7 Å². The van der Waals surface area contributed by atoms with E-state index in [1.54, 1.807) is 0 Å². The number of rotatable bonds is 8. The molecule has 2 N–H and O–H groups in total. The summed E-state index contributed by atoms with van der Waals surface area (Å²) in [5.74, 6) is 1.68. The lowest BCUT2D eigenvalue weighted by Gasteiger charge is -2.60. The molecule has 5 rings (SSSR count). The molecule has 0 aromatic heterocycles. The van der Waals surface area contributed by atoms with Gasteiger partial charge in [0.1, 0.15) is 0 Å². The molecule has 7 heteroatoms. The standard InChI is InChI=1S/C23H33BrN2O3S/c1-16(2)26-30(28,29)14-18-5-3-17(4-6-18)13-25-21(27)12-22-8-19-7-20(9-22)11-23(24,10-19)15-22/h3-6,16,19-20,26H,7-15H2,1-2H3,(H,25,27). The summed E-state index contributed by atoms with van der Waals surface area (Å²) in [4.78, 5) is 12.7. The highest BCUT2D eigenvalue weighted by Gasteiger charge is 2.57. The molecule has 1 amide bonds. The summed E-state index contributed by atoms with van der Waals surface area (Å²) in [6.07, 6.45) is 8.09. The summed E-state index contributed by atoms with van der Waals surface area (Å²) in [5, 5.41) is 3.10. The monoisotopic (exact) mass is 496 g/mol. The third kappa shape index (κ3) is 5.28. The van der Waals surface area contributed by atoms with Crippen molar-refractivity contribution >= 4 is 31.9 Å². The molecule has 166 valence electrons. The van der Waals surface area contributed by atoms with Crippen LogP contribution in [0.4, 0.5) is 0 Å². The lowest BCUT2D eigenvalue weighted by Crippen LogP contribution is -2.54. The topological polar surface area (TPSA) is 75.3 Å². The Labute approximate surface area is 189 Å². The van der Waals surface area contributed by atoms with Gasteiger partial charge < -0.3 is 5.32 Å². The Morgan fingerprint density at radius 2 is 1.70 bits per heavy atom. The van der Waals surface area contributed by atoms with Crippen LogP contribution < -0.4 is 10.0 Å². The molecule has 0 spiro atoms. The molecule has 5 nitrogen and oxygen atoms in total. The van der Waals surface area contributed by atoms with Gasteiger partial charge in [-0.2, -0.15) is 0 Å². The molecular weight excluding hydrogens is 464 g/mol. The molecule has 1 aromatic carbocycles. The first-order valence-electron chi connectivity index (χ1n) is 11.1. The fourth-order valence-corrected chi connectivity index (χ4v) is 9.46. The second-order valence-corrected chi connectivity index (χ2v) is 13.8. The summed E-state index contributed by atoms with van der Waals surface area (Å²) in [6, 6.07) is 7.35. The normalized spacial score (nSPS) is 32.5. The third-order valence-electron chi connectivity index (χ3n) is 6.93. The van der Waals surface area contributed by atoms with Gasteiger partial charge in [0.2, 0.25) is 15.9 Å². The second-order valence-electron chi connectivity index (χ2n) is 10.4. The zero-order valence-corrected chi connectivity index (χ0v) is 20.3. The number of alkyl halides is 1. The van der Waals surface area contributed by atoms with Gasteiger partial charge in [-0.05, 0) is 80.8 Å². The van der Waals surface area contributed by atoms with E-state index in [1.165, 1.54) is 32.1 Å². The Morgan fingerprint density at radius 1 is 1.10 bits per heavy atom. The number of benzene rings is 1. The Kier molecular flexibility index (Phi) is 6.10. The van der Waals surface area contributed by atoms with Crippen LogP contribution in [0.3, 0.4) is 0 Å². The van der Waals surface area contributed by atoms with Crippen LogP contribution in [0.2, 0.25) is 0 Å². The largest absolute Gasteiger partial charge is 0.352 e. The second kappa shape index (κ2) is 8.21. The van der Waals surface area contributed by atoms with Crippen LogP contribution in [0.5, 0.6) is 0 Å². The van der Waals surface area contributed by atoms with Crippen LogP contribution in [0, 0.1) is 17.3 Å². The fraction of sp³-hybridized carbons (Fsp3) is 0.696. The Morgan fingerprint density at radius 3 is 2.27 bits per heavy atom. The summed E-state index contributed by atoms with van der Waals surface area (Å²) in [5.41, 5.74) is 1.91. The molecule has 2 atom stereocenters. The SMILES string of the molecule is CC(C)NS(=O)(=O)Cc1ccc(CNC(=O)CC23CC4CC(CC(Br)(C4)C2)C3)cc1. The Balaban J connectivity index is 1.29. The molecular formula is C23H33BrN2O3S. The molecule has 0 heterocycles. The van der Waals surface area contributed by atoms with Gasteiger partial charge in [-0.1, -0.05) is 40.2 Å². The van der Waals surface area contributed by atoms with E-state index in [0.29, 0.717) is 13.0 Å². The van der Waals surface area contributed by atoms with Crippen LogP contribution in [0.15, 0.2) is 24.3 Å². The van der Waals surface area contributed by atoms with Crippen molar-refractivity contribution in [1.29, 1.82) is 0 Å². The maximum Gasteiger partial charge on any atom is 0.220 e. The summed E-state index contributed by atoms with van der Waals surface area (Å²) in [6.45, 7) is 4.10. The van der Waals surface area contributed by atoms with Crippen LogP contribution in [0.1, 0.15) is 69.9 Å². The van der Waals surface area contributed by atoms with E-state index < -0.39 is 10.0 Å². The first-order chi connectivity index (χ1) is 14.0. The van der Waals surface area contributed by atoms with Gasteiger partial charge in [-0.25, -0.2) is 13.1 Å². The maximum absolute atomic E-state index is 12.7. The number of sulfonamides is 1. The van der Waals surface area contributed by atoms with Gasteiger partial charge in [0.25, 0.3) is 0 Å². The first-order valence-corrected chi connectivity index (χ1v) is 13.5. The van der Waals surface area contributed by atoms with Crippen molar-refractivity contribution in [2.75, 3.05) is 0 Å². The lowest BCUT2D eigenvalue weighted by atomic mass is 9.48. The Hall–Kier alpha value is -0.920. The van der Waals surface area contributed by atoms with Gasteiger partial charge in [0.15, 0.2) is 0 Å². The fourth-order valence-electron chi connectivity index (χ4n) is 6.52. The number of amides is 1. The molecule has 4 aliphatic rings. The van der Waals surface area contributed by atoms with Gasteiger partial charge in [-0.15, -0.1) is 0 Å². The van der Waals surface area contributed by atoms with Crippen LogP contribution in [-0.2, 0) is 27.1 Å². The number of hydrogen-bond acceptors (Lipinski definition) is 3. The van der Waals surface area contributed by atoms with E-state index in [2.05, 4.69) is 26.0 Å². The highest BCUT2D eigenvalue weighted by Crippen LogP contribution is 2.65. The molecule has 4 saturated carbocycles. The van der Waals surface area contributed by atoms with Crippen molar-refractivity contribution in [2.45, 2.75) is 81.5 Å². The molecule has 0 aliphatic heterocycles. The highest BCUT2D eigenvalue weighted by molar-refractivity contribution is 9.10. The van der Waals surface area contributed by atoms with Crippen molar-refractivity contribution in [1.82, 2.24) is 10.0 Å². The number of hydrogen-bond donors (Lipinski definition) is 2. The zero-order chi connectivity index (χ0) is 21.6. The molecule has 0 saturated heterocycles. The van der Waals surface area contributed by atoms with Crippen molar-refractivity contribution in [2.24, 2.45) is 17.3 Å². The lowest BCUT2D eigenvalue weighted by molar-refractivity contribution is -0.128. The summed E-state index contributed by atoms with van der Waals surface area (Å²) < 4.78 is 27.0. The number of halogens is 1. The van der Waals surface area contributed by atoms with E-state index in [1.807, 2.05) is 38.1 Å². The van der Waals surface area contributed by atoms with E-state index in [9.17, 15) is 13.2 Å². The average molecular weight is 497 g/mol. The third-order valence-corrected chi connectivity index (χ3v) is 9.40. The minimum Gasteiger partial charge on any atom is -0.352 e. The Bertz CT molecular complexity index is 884. The van der Waals surface area contributed by atoms with Gasteiger partial charge in [0.05, 0.1) is 5.75 Å². The smallest absolute Gasteiger partial charge is 0.220 e. The van der Waals surface area contributed by atoms with E-state index in [4.69, 9.17) is 0 Å². The number of nitrogens with one attached hydrogen (secondary N) is 2. The van der Waals surface area contributed by atoms with Crippen molar-refractivity contribution in [3.63, 3.8) is 0 Å². The van der Waals surface area contributed by atoms with Crippen LogP contribution >= 0.6 is 15.9 Å². The molecule has 4 aliphatic carbocycles. The van der Waals surface area contributed by atoms with Gasteiger partial charge >= 0.3 is 0 Å².